The molecule has 0 bridgehead atoms. The largest absolute Gasteiger partial charge is 0.478 e. The Morgan fingerprint density at radius 3 is 2.56 bits per heavy atom. The van der Waals surface area contributed by atoms with E-state index in [-0.39, 0.29) is 0 Å². The van der Waals surface area contributed by atoms with E-state index >= 15 is 0 Å². The molecule has 6 rings (SSSR count). The maximum absolute atomic E-state index is 12.0. The highest BCUT2D eigenvalue weighted by molar-refractivity contribution is 5.99. The quantitative estimate of drug-likeness (QED) is 0.303. The third kappa shape index (κ3) is 5.67. The summed E-state index contributed by atoms with van der Waals surface area (Å²) in [6.07, 6.45) is 12.5. The lowest BCUT2D eigenvalue weighted by Gasteiger charge is -2.36. The lowest BCUT2D eigenvalue weighted by molar-refractivity contribution is 0.0697. The van der Waals surface area contributed by atoms with Gasteiger partial charge in [-0.05, 0) is 100 Å². The predicted molar refractivity (Wildman–Crippen MR) is 170 cm³/mol. The first-order valence-electron chi connectivity index (χ1n) is 16.5. The molecule has 2 aliphatic heterocycles. The zero-order chi connectivity index (χ0) is 28.5. The Morgan fingerprint density at radius 1 is 0.976 bits per heavy atom. The summed E-state index contributed by atoms with van der Waals surface area (Å²) < 4.78 is 2.49. The first-order valence-corrected chi connectivity index (χ1v) is 16.5. The molecule has 0 radical (unpaired) electrons. The lowest BCUT2D eigenvalue weighted by atomic mass is 9.81. The Bertz CT molecular complexity index is 1380. The van der Waals surface area contributed by atoms with Crippen molar-refractivity contribution in [2.24, 2.45) is 5.92 Å². The van der Waals surface area contributed by atoms with E-state index in [1.807, 2.05) is 12.1 Å². The van der Waals surface area contributed by atoms with Gasteiger partial charge in [0.2, 0.25) is 0 Å². The van der Waals surface area contributed by atoms with E-state index in [0.29, 0.717) is 17.5 Å². The van der Waals surface area contributed by atoms with Crippen LogP contribution in [-0.4, -0.2) is 52.8 Å². The van der Waals surface area contributed by atoms with Crippen molar-refractivity contribution >= 4 is 22.6 Å². The third-order valence-corrected chi connectivity index (χ3v) is 10.2. The normalized spacial score (nSPS) is 20.3. The smallest absolute Gasteiger partial charge is 0.335 e. The SMILES string of the molecule is CCCc1ccc2c(c1)N(CCC1CCCN(C(C)C)C1)CCn1c-2c(C2CCCCC2)c2ccc(C(=O)O)cc21. The maximum atomic E-state index is 12.0. The molecule has 1 atom stereocenters. The molecule has 1 aliphatic carbocycles. The molecule has 1 unspecified atom stereocenters. The van der Waals surface area contributed by atoms with E-state index in [1.54, 1.807) is 0 Å². The highest BCUT2D eigenvalue weighted by atomic mass is 16.4. The van der Waals surface area contributed by atoms with Crippen molar-refractivity contribution < 1.29 is 9.90 Å². The van der Waals surface area contributed by atoms with E-state index in [4.69, 9.17) is 0 Å². The van der Waals surface area contributed by atoms with Crippen molar-refractivity contribution in [2.75, 3.05) is 31.1 Å². The van der Waals surface area contributed by atoms with Crippen LogP contribution in [0.5, 0.6) is 0 Å². The van der Waals surface area contributed by atoms with E-state index in [1.165, 1.54) is 97.9 Å². The minimum Gasteiger partial charge on any atom is -0.478 e. The average Bonchev–Trinajstić information content (AvgIpc) is 3.22. The number of aromatic carboxylic acids is 1. The first kappa shape index (κ1) is 28.3. The fourth-order valence-corrected chi connectivity index (χ4v) is 8.03. The highest BCUT2D eigenvalue weighted by Crippen LogP contribution is 2.47. The number of carboxylic acids is 1. The lowest BCUT2D eigenvalue weighted by Crippen LogP contribution is -2.41. The summed E-state index contributed by atoms with van der Waals surface area (Å²) in [5.74, 6) is 0.453. The molecule has 1 saturated carbocycles. The molecule has 5 heteroatoms. The fraction of sp³-hybridized carbons (Fsp3) is 0.583. The van der Waals surface area contributed by atoms with Crippen LogP contribution in [0.1, 0.15) is 106 Å². The molecule has 3 aliphatic rings. The number of hydrogen-bond acceptors (Lipinski definition) is 3. The highest BCUT2D eigenvalue weighted by Gasteiger charge is 2.31. The minimum absolute atomic E-state index is 0.389. The summed E-state index contributed by atoms with van der Waals surface area (Å²) in [6.45, 7) is 12.3. The molecule has 3 aromatic rings. The van der Waals surface area contributed by atoms with Gasteiger partial charge in [0.1, 0.15) is 0 Å². The molecule has 220 valence electrons. The minimum atomic E-state index is -0.843. The van der Waals surface area contributed by atoms with Gasteiger partial charge < -0.3 is 19.5 Å². The Hall–Kier alpha value is -2.79. The summed E-state index contributed by atoms with van der Waals surface area (Å²) >= 11 is 0. The number of likely N-dealkylation sites (tertiary alicyclic amines) is 1. The molecule has 5 nitrogen and oxygen atoms in total. The van der Waals surface area contributed by atoms with Crippen molar-refractivity contribution in [2.45, 2.75) is 103 Å². The monoisotopic (exact) mass is 555 g/mol. The number of benzene rings is 2. The standard InChI is InChI=1S/C36H49N3O2/c1-4-9-26-13-15-31-32(22-26)37(19-17-27-10-8-18-38(24-27)25(2)3)20-21-39-33-23-29(36(40)41)14-16-30(33)34(35(31)39)28-11-6-5-7-12-28/h13-16,22-23,25,27-28H,4-12,17-21,24H2,1-3H3,(H,40,41). The zero-order valence-corrected chi connectivity index (χ0v) is 25.5. The number of rotatable bonds is 8. The Labute approximate surface area is 246 Å². The van der Waals surface area contributed by atoms with Crippen molar-refractivity contribution in [3.8, 4) is 11.3 Å². The Kier molecular flexibility index (Phi) is 8.44. The number of hydrogen-bond donors (Lipinski definition) is 1. The summed E-state index contributed by atoms with van der Waals surface area (Å²) in [7, 11) is 0. The Balaban J connectivity index is 1.43. The third-order valence-electron chi connectivity index (χ3n) is 10.2. The molecular formula is C36H49N3O2. The zero-order valence-electron chi connectivity index (χ0n) is 25.5. The van der Waals surface area contributed by atoms with E-state index in [0.717, 1.165) is 43.9 Å². The first-order chi connectivity index (χ1) is 19.9. The van der Waals surface area contributed by atoms with Gasteiger partial charge in [-0.15, -0.1) is 0 Å². The molecule has 41 heavy (non-hydrogen) atoms. The number of aromatic nitrogens is 1. The second kappa shape index (κ2) is 12.2. The van der Waals surface area contributed by atoms with Crippen LogP contribution in [0, 0.1) is 5.92 Å². The topological polar surface area (TPSA) is 48.7 Å². The number of carboxylic acid groups (broad SMARTS) is 1. The average molecular weight is 556 g/mol. The van der Waals surface area contributed by atoms with Crippen molar-refractivity contribution in [3.05, 3.63) is 53.1 Å². The second-order valence-corrected chi connectivity index (χ2v) is 13.3. The fourth-order valence-electron chi connectivity index (χ4n) is 8.03. The van der Waals surface area contributed by atoms with Gasteiger partial charge in [0.05, 0.1) is 11.3 Å². The molecule has 1 saturated heterocycles. The molecular weight excluding hydrogens is 506 g/mol. The summed E-state index contributed by atoms with van der Waals surface area (Å²) in [4.78, 5) is 17.4. The van der Waals surface area contributed by atoms with Gasteiger partial charge in [-0.1, -0.05) is 50.8 Å². The second-order valence-electron chi connectivity index (χ2n) is 13.3. The Morgan fingerprint density at radius 2 is 1.80 bits per heavy atom. The van der Waals surface area contributed by atoms with E-state index < -0.39 is 5.97 Å². The molecule has 1 aromatic heterocycles. The van der Waals surface area contributed by atoms with Gasteiger partial charge in [0.15, 0.2) is 0 Å². The number of carbonyl (C=O) groups is 1. The van der Waals surface area contributed by atoms with Gasteiger partial charge >= 0.3 is 5.97 Å². The number of piperidine rings is 1. The van der Waals surface area contributed by atoms with Crippen LogP contribution in [0.15, 0.2) is 36.4 Å². The van der Waals surface area contributed by atoms with Crippen LogP contribution < -0.4 is 4.90 Å². The van der Waals surface area contributed by atoms with Crippen LogP contribution >= 0.6 is 0 Å². The summed E-state index contributed by atoms with van der Waals surface area (Å²) in [5, 5.41) is 11.1. The molecule has 1 N–H and O–H groups in total. The van der Waals surface area contributed by atoms with E-state index in [9.17, 15) is 9.90 Å². The number of fused-ring (bicyclic) bond motifs is 5. The number of anilines is 1. The molecule has 0 spiro atoms. The van der Waals surface area contributed by atoms with Crippen LogP contribution in [-0.2, 0) is 13.0 Å². The summed E-state index contributed by atoms with van der Waals surface area (Å²) in [6, 6.07) is 13.7. The van der Waals surface area contributed by atoms with E-state index in [2.05, 4.69) is 59.4 Å². The molecule has 0 amide bonds. The van der Waals surface area contributed by atoms with Crippen molar-refractivity contribution in [3.63, 3.8) is 0 Å². The van der Waals surface area contributed by atoms with Gasteiger partial charge in [0, 0.05) is 54.4 Å². The molecule has 2 fully saturated rings. The number of nitrogens with zero attached hydrogens (tertiary/aromatic N) is 3. The van der Waals surface area contributed by atoms with Gasteiger partial charge in [-0.2, -0.15) is 0 Å². The van der Waals surface area contributed by atoms with Crippen molar-refractivity contribution in [1.82, 2.24) is 9.47 Å². The maximum Gasteiger partial charge on any atom is 0.335 e. The van der Waals surface area contributed by atoms with Crippen molar-refractivity contribution in [1.29, 1.82) is 0 Å². The molecule has 3 heterocycles. The molecule has 2 aromatic carbocycles. The summed E-state index contributed by atoms with van der Waals surface area (Å²) in [5.41, 5.74) is 8.50. The van der Waals surface area contributed by atoms with Gasteiger partial charge in [0.25, 0.3) is 0 Å². The van der Waals surface area contributed by atoms with Gasteiger partial charge in [-0.25, -0.2) is 4.79 Å². The number of aryl methyl sites for hydroxylation is 1. The van der Waals surface area contributed by atoms with Crippen LogP contribution in [0.4, 0.5) is 5.69 Å². The van der Waals surface area contributed by atoms with Crippen LogP contribution in [0.3, 0.4) is 0 Å². The van der Waals surface area contributed by atoms with Crippen LogP contribution in [0.2, 0.25) is 0 Å². The van der Waals surface area contributed by atoms with Gasteiger partial charge in [-0.3, -0.25) is 0 Å². The van der Waals surface area contributed by atoms with Crippen LogP contribution in [0.25, 0.3) is 22.2 Å². The predicted octanol–water partition coefficient (Wildman–Crippen LogP) is 8.34.